The van der Waals surface area contributed by atoms with E-state index in [1.165, 1.54) is 0 Å². The Morgan fingerprint density at radius 3 is 2.60 bits per heavy atom. The Balaban J connectivity index is 1.97. The number of nitrogens with one attached hydrogen (secondary N) is 2. The first-order valence-corrected chi connectivity index (χ1v) is 8.58. The molecule has 0 unspecified atom stereocenters. The summed E-state index contributed by atoms with van der Waals surface area (Å²) < 4.78 is 5.00. The van der Waals surface area contributed by atoms with Crippen molar-refractivity contribution in [3.8, 4) is 0 Å². The fraction of sp³-hybridized carbons (Fsp3) is 0.500. The SMILES string of the molecule is Cc1cc(NC(=O)C(C)(C)C)sc1C(=O)OCC(=O)N1CCNC1=O. The lowest BCUT2D eigenvalue weighted by Gasteiger charge is -2.16. The van der Waals surface area contributed by atoms with Gasteiger partial charge in [0.05, 0.1) is 5.00 Å². The highest BCUT2D eigenvalue weighted by molar-refractivity contribution is 7.18. The number of carbonyl (C=O) groups is 4. The van der Waals surface area contributed by atoms with E-state index in [0.29, 0.717) is 22.0 Å². The molecule has 136 valence electrons. The number of urea groups is 1. The highest BCUT2D eigenvalue weighted by atomic mass is 32.1. The maximum absolute atomic E-state index is 12.2. The summed E-state index contributed by atoms with van der Waals surface area (Å²) in [6.45, 7) is 7.23. The van der Waals surface area contributed by atoms with Gasteiger partial charge in [0, 0.05) is 18.5 Å². The molecule has 1 aromatic heterocycles. The van der Waals surface area contributed by atoms with Gasteiger partial charge < -0.3 is 15.4 Å². The van der Waals surface area contributed by atoms with Crippen molar-refractivity contribution in [3.05, 3.63) is 16.5 Å². The number of nitrogens with zero attached hydrogens (tertiary/aromatic N) is 1. The second kappa shape index (κ2) is 7.22. The number of thiophene rings is 1. The number of esters is 1. The summed E-state index contributed by atoms with van der Waals surface area (Å²) in [5, 5.41) is 5.79. The van der Waals surface area contributed by atoms with Gasteiger partial charge in [-0.25, -0.2) is 9.59 Å². The van der Waals surface area contributed by atoms with Crippen molar-refractivity contribution in [2.75, 3.05) is 25.0 Å². The third kappa shape index (κ3) is 4.56. The molecule has 1 aliphatic heterocycles. The van der Waals surface area contributed by atoms with Crippen LogP contribution in [0.25, 0.3) is 0 Å². The number of hydrogen-bond acceptors (Lipinski definition) is 6. The first kappa shape index (κ1) is 18.9. The summed E-state index contributed by atoms with van der Waals surface area (Å²) in [5.41, 5.74) is 0.0898. The Hall–Kier alpha value is -2.42. The zero-order chi connectivity index (χ0) is 18.8. The summed E-state index contributed by atoms with van der Waals surface area (Å²) in [6.07, 6.45) is 0. The largest absolute Gasteiger partial charge is 0.451 e. The van der Waals surface area contributed by atoms with Crippen LogP contribution in [-0.2, 0) is 14.3 Å². The number of hydrogen-bond donors (Lipinski definition) is 2. The lowest BCUT2D eigenvalue weighted by molar-refractivity contribution is -0.130. The van der Waals surface area contributed by atoms with E-state index < -0.39 is 29.9 Å². The molecule has 1 aromatic rings. The van der Waals surface area contributed by atoms with Gasteiger partial charge in [-0.1, -0.05) is 20.8 Å². The summed E-state index contributed by atoms with van der Waals surface area (Å²) >= 11 is 1.09. The molecule has 0 aromatic carbocycles. The molecule has 9 heteroatoms. The molecule has 2 heterocycles. The topological polar surface area (TPSA) is 105 Å². The van der Waals surface area contributed by atoms with Crippen LogP contribution in [-0.4, -0.2) is 48.4 Å². The highest BCUT2D eigenvalue weighted by Gasteiger charge is 2.28. The zero-order valence-corrected chi connectivity index (χ0v) is 15.4. The third-order valence-corrected chi connectivity index (χ3v) is 4.64. The van der Waals surface area contributed by atoms with Crippen LogP contribution >= 0.6 is 11.3 Å². The van der Waals surface area contributed by atoms with Gasteiger partial charge in [0.2, 0.25) is 5.91 Å². The molecule has 2 rings (SSSR count). The number of amides is 4. The number of imide groups is 1. The normalized spacial score (nSPS) is 14.2. The Morgan fingerprint density at radius 2 is 2.04 bits per heavy atom. The molecule has 0 aliphatic carbocycles. The zero-order valence-electron chi connectivity index (χ0n) is 14.6. The molecular weight excluding hydrogens is 346 g/mol. The van der Waals surface area contributed by atoms with E-state index in [2.05, 4.69) is 10.6 Å². The quantitative estimate of drug-likeness (QED) is 0.789. The van der Waals surface area contributed by atoms with E-state index in [0.717, 1.165) is 16.2 Å². The summed E-state index contributed by atoms with van der Waals surface area (Å²) in [7, 11) is 0. The van der Waals surface area contributed by atoms with Gasteiger partial charge in [-0.2, -0.15) is 0 Å². The van der Waals surface area contributed by atoms with Crippen LogP contribution in [0.2, 0.25) is 0 Å². The number of aryl methyl sites for hydroxylation is 1. The van der Waals surface area contributed by atoms with Crippen LogP contribution in [0.5, 0.6) is 0 Å². The second-order valence-electron chi connectivity index (χ2n) is 6.68. The summed E-state index contributed by atoms with van der Waals surface area (Å²) in [5.74, 6) is -1.39. The van der Waals surface area contributed by atoms with Crippen molar-refractivity contribution in [1.82, 2.24) is 10.2 Å². The minimum Gasteiger partial charge on any atom is -0.451 e. The third-order valence-electron chi connectivity index (χ3n) is 3.51. The minimum atomic E-state index is -0.660. The van der Waals surface area contributed by atoms with Gasteiger partial charge in [-0.05, 0) is 18.6 Å². The first-order chi connectivity index (χ1) is 11.6. The first-order valence-electron chi connectivity index (χ1n) is 7.77. The highest BCUT2D eigenvalue weighted by Crippen LogP contribution is 2.29. The van der Waals surface area contributed by atoms with Crippen LogP contribution in [0.3, 0.4) is 0 Å². The van der Waals surface area contributed by atoms with Crippen LogP contribution in [0.1, 0.15) is 36.0 Å². The molecule has 1 saturated heterocycles. The molecule has 0 saturated carbocycles. The minimum absolute atomic E-state index is 0.163. The predicted molar refractivity (Wildman–Crippen MR) is 92.5 cm³/mol. The fourth-order valence-electron chi connectivity index (χ4n) is 2.03. The van der Waals surface area contributed by atoms with Crippen LogP contribution in [0.15, 0.2) is 6.07 Å². The maximum Gasteiger partial charge on any atom is 0.349 e. The molecular formula is C16H21N3O5S. The van der Waals surface area contributed by atoms with Crippen molar-refractivity contribution >= 4 is 40.2 Å². The molecule has 25 heavy (non-hydrogen) atoms. The van der Waals surface area contributed by atoms with Gasteiger partial charge in [0.15, 0.2) is 6.61 Å². The van der Waals surface area contributed by atoms with Gasteiger partial charge in [0.25, 0.3) is 5.91 Å². The second-order valence-corrected chi connectivity index (χ2v) is 7.73. The van der Waals surface area contributed by atoms with E-state index in [-0.39, 0.29) is 12.5 Å². The lowest BCUT2D eigenvalue weighted by atomic mass is 9.96. The van der Waals surface area contributed by atoms with Crippen molar-refractivity contribution in [2.24, 2.45) is 5.41 Å². The number of carbonyl (C=O) groups excluding carboxylic acids is 4. The molecule has 2 N–H and O–H groups in total. The monoisotopic (exact) mass is 367 g/mol. The van der Waals surface area contributed by atoms with Crippen molar-refractivity contribution in [3.63, 3.8) is 0 Å². The Labute approximate surface area is 149 Å². The smallest absolute Gasteiger partial charge is 0.349 e. The predicted octanol–water partition coefficient (Wildman–Crippen LogP) is 1.75. The molecule has 1 fully saturated rings. The van der Waals surface area contributed by atoms with Gasteiger partial charge in [0.1, 0.15) is 4.88 Å². The number of ether oxygens (including phenoxy) is 1. The number of rotatable bonds is 4. The van der Waals surface area contributed by atoms with Crippen molar-refractivity contribution in [1.29, 1.82) is 0 Å². The molecule has 0 atom stereocenters. The lowest BCUT2D eigenvalue weighted by Crippen LogP contribution is -2.37. The Morgan fingerprint density at radius 1 is 1.36 bits per heavy atom. The van der Waals surface area contributed by atoms with Gasteiger partial charge in [-0.3, -0.25) is 14.5 Å². The van der Waals surface area contributed by atoms with Crippen molar-refractivity contribution in [2.45, 2.75) is 27.7 Å². The van der Waals surface area contributed by atoms with Gasteiger partial charge in [-0.15, -0.1) is 11.3 Å². The van der Waals surface area contributed by atoms with Crippen molar-refractivity contribution < 1.29 is 23.9 Å². The average molecular weight is 367 g/mol. The molecule has 8 nitrogen and oxygen atoms in total. The molecule has 0 spiro atoms. The van der Waals surface area contributed by atoms with Gasteiger partial charge >= 0.3 is 12.0 Å². The average Bonchev–Trinajstić information content (AvgIpc) is 3.09. The van der Waals surface area contributed by atoms with Crippen LogP contribution < -0.4 is 10.6 Å². The van der Waals surface area contributed by atoms with E-state index in [4.69, 9.17) is 4.74 Å². The van der Waals surface area contributed by atoms with E-state index in [9.17, 15) is 19.2 Å². The molecule has 0 radical (unpaired) electrons. The maximum atomic E-state index is 12.2. The Bertz CT molecular complexity index is 720. The Kier molecular flexibility index (Phi) is 5.46. The van der Waals surface area contributed by atoms with E-state index in [1.54, 1.807) is 33.8 Å². The standard InChI is InChI=1S/C16H21N3O5S/c1-9-7-10(18-14(22)16(2,3)4)25-12(9)13(21)24-8-11(20)19-6-5-17-15(19)23/h7H,5-6,8H2,1-4H3,(H,17,23)(H,18,22). The fourth-order valence-corrected chi connectivity index (χ4v) is 2.99. The van der Waals surface area contributed by atoms with Crippen LogP contribution in [0, 0.1) is 12.3 Å². The molecule has 0 bridgehead atoms. The molecule has 1 aliphatic rings. The van der Waals surface area contributed by atoms with E-state index in [1.807, 2.05) is 0 Å². The number of anilines is 1. The molecule has 4 amide bonds. The van der Waals surface area contributed by atoms with E-state index >= 15 is 0 Å². The van der Waals surface area contributed by atoms with Crippen LogP contribution in [0.4, 0.5) is 9.80 Å². The summed E-state index contributed by atoms with van der Waals surface area (Å²) in [6, 6.07) is 1.20. The summed E-state index contributed by atoms with van der Waals surface area (Å²) in [4.78, 5) is 48.7.